The molecule has 1 N–H and O–H groups in total. The van der Waals surface area contributed by atoms with Crippen molar-refractivity contribution in [2.75, 3.05) is 23.3 Å². The van der Waals surface area contributed by atoms with E-state index in [0.717, 1.165) is 54.8 Å². The number of aromatic nitrogens is 4. The lowest BCUT2D eigenvalue weighted by Gasteiger charge is -2.33. The number of rotatable bonds is 3. The molecule has 3 heterocycles. The Morgan fingerprint density at radius 2 is 1.82 bits per heavy atom. The molecule has 1 unspecified atom stereocenters. The highest BCUT2D eigenvalue weighted by atomic mass is 15.3. The van der Waals surface area contributed by atoms with Gasteiger partial charge in [0.05, 0.1) is 0 Å². The molecule has 2 aromatic rings. The van der Waals surface area contributed by atoms with E-state index < -0.39 is 0 Å². The van der Waals surface area contributed by atoms with E-state index in [-0.39, 0.29) is 0 Å². The lowest BCUT2D eigenvalue weighted by molar-refractivity contribution is 0.521. The fourth-order valence-corrected chi connectivity index (χ4v) is 2.87. The molecule has 0 bridgehead atoms. The van der Waals surface area contributed by atoms with Crippen molar-refractivity contribution in [3.05, 3.63) is 35.5 Å². The molecule has 22 heavy (non-hydrogen) atoms. The van der Waals surface area contributed by atoms with Crippen LogP contribution in [0.4, 0.5) is 11.8 Å². The molecule has 0 saturated carbocycles. The Kier molecular flexibility index (Phi) is 4.18. The van der Waals surface area contributed by atoms with Gasteiger partial charge in [0.1, 0.15) is 12.1 Å². The van der Waals surface area contributed by atoms with Gasteiger partial charge in [0, 0.05) is 42.3 Å². The second kappa shape index (κ2) is 6.25. The third-order valence-electron chi connectivity index (χ3n) is 3.83. The highest BCUT2D eigenvalue weighted by Gasteiger charge is 2.22. The van der Waals surface area contributed by atoms with Gasteiger partial charge in [0.15, 0.2) is 0 Å². The van der Waals surface area contributed by atoms with E-state index in [2.05, 4.69) is 30.2 Å². The van der Waals surface area contributed by atoms with Crippen LogP contribution >= 0.6 is 0 Å². The highest BCUT2D eigenvalue weighted by molar-refractivity contribution is 5.39. The Bertz CT molecular complexity index is 637. The SMILES string of the molecule is Cc1cc(NC2CCCN(c3nc(C)cc(C)n3)C2)ncn1. The molecule has 6 nitrogen and oxygen atoms in total. The van der Waals surface area contributed by atoms with Gasteiger partial charge in [-0.1, -0.05) is 0 Å². The van der Waals surface area contributed by atoms with Crippen molar-refractivity contribution < 1.29 is 0 Å². The van der Waals surface area contributed by atoms with E-state index in [4.69, 9.17) is 0 Å². The molecule has 1 saturated heterocycles. The summed E-state index contributed by atoms with van der Waals surface area (Å²) >= 11 is 0. The van der Waals surface area contributed by atoms with Gasteiger partial charge in [0.25, 0.3) is 0 Å². The fourth-order valence-electron chi connectivity index (χ4n) is 2.87. The van der Waals surface area contributed by atoms with Gasteiger partial charge >= 0.3 is 0 Å². The zero-order valence-corrected chi connectivity index (χ0v) is 13.4. The van der Waals surface area contributed by atoms with Crippen LogP contribution in [0.15, 0.2) is 18.5 Å². The first kappa shape index (κ1) is 14.7. The van der Waals surface area contributed by atoms with Crippen LogP contribution in [0.3, 0.4) is 0 Å². The van der Waals surface area contributed by atoms with Crippen LogP contribution in [0, 0.1) is 20.8 Å². The van der Waals surface area contributed by atoms with Gasteiger partial charge in [-0.25, -0.2) is 19.9 Å². The molecule has 6 heteroatoms. The highest BCUT2D eigenvalue weighted by Crippen LogP contribution is 2.19. The van der Waals surface area contributed by atoms with Crippen molar-refractivity contribution in [2.45, 2.75) is 39.7 Å². The van der Waals surface area contributed by atoms with Crippen LogP contribution in [0.5, 0.6) is 0 Å². The van der Waals surface area contributed by atoms with Crippen molar-refractivity contribution in [3.63, 3.8) is 0 Å². The van der Waals surface area contributed by atoms with E-state index in [1.807, 2.05) is 32.9 Å². The molecule has 0 aliphatic carbocycles. The maximum Gasteiger partial charge on any atom is 0.225 e. The van der Waals surface area contributed by atoms with Crippen LogP contribution in [0.25, 0.3) is 0 Å². The molecule has 3 rings (SSSR count). The molecule has 0 aromatic carbocycles. The smallest absolute Gasteiger partial charge is 0.225 e. The summed E-state index contributed by atoms with van der Waals surface area (Å²) in [6, 6.07) is 4.34. The molecular formula is C16H22N6. The zero-order chi connectivity index (χ0) is 15.5. The molecule has 1 aliphatic heterocycles. The van der Waals surface area contributed by atoms with E-state index in [1.54, 1.807) is 6.33 Å². The van der Waals surface area contributed by atoms with Crippen LogP contribution in [-0.4, -0.2) is 39.1 Å². The molecule has 0 radical (unpaired) electrons. The number of piperidine rings is 1. The third-order valence-corrected chi connectivity index (χ3v) is 3.83. The Hall–Kier alpha value is -2.24. The van der Waals surface area contributed by atoms with Crippen molar-refractivity contribution in [2.24, 2.45) is 0 Å². The fraction of sp³-hybridized carbons (Fsp3) is 0.500. The molecule has 1 aliphatic rings. The molecule has 0 amide bonds. The van der Waals surface area contributed by atoms with Gasteiger partial charge in [-0.05, 0) is 39.7 Å². The minimum Gasteiger partial charge on any atom is -0.365 e. The van der Waals surface area contributed by atoms with Gasteiger partial charge in [-0.3, -0.25) is 0 Å². The molecule has 0 spiro atoms. The second-order valence-electron chi connectivity index (χ2n) is 5.92. The monoisotopic (exact) mass is 298 g/mol. The van der Waals surface area contributed by atoms with Crippen LogP contribution in [0.2, 0.25) is 0 Å². The normalized spacial score (nSPS) is 18.3. The first-order chi connectivity index (χ1) is 10.6. The van der Waals surface area contributed by atoms with Crippen molar-refractivity contribution in [1.82, 2.24) is 19.9 Å². The largest absolute Gasteiger partial charge is 0.365 e. The van der Waals surface area contributed by atoms with Crippen LogP contribution in [0.1, 0.15) is 29.9 Å². The molecule has 116 valence electrons. The van der Waals surface area contributed by atoms with Gasteiger partial charge < -0.3 is 10.2 Å². The maximum atomic E-state index is 4.57. The van der Waals surface area contributed by atoms with E-state index >= 15 is 0 Å². The predicted molar refractivity (Wildman–Crippen MR) is 87.1 cm³/mol. The summed E-state index contributed by atoms with van der Waals surface area (Å²) < 4.78 is 0. The van der Waals surface area contributed by atoms with Crippen LogP contribution in [-0.2, 0) is 0 Å². The predicted octanol–water partition coefficient (Wildman–Crippen LogP) is 2.27. The number of hydrogen-bond donors (Lipinski definition) is 1. The lowest BCUT2D eigenvalue weighted by atomic mass is 10.1. The van der Waals surface area contributed by atoms with Gasteiger partial charge in [0.2, 0.25) is 5.95 Å². The molecule has 1 fully saturated rings. The average Bonchev–Trinajstić information content (AvgIpc) is 2.46. The van der Waals surface area contributed by atoms with Crippen LogP contribution < -0.4 is 10.2 Å². The molecular weight excluding hydrogens is 276 g/mol. The Morgan fingerprint density at radius 1 is 1.05 bits per heavy atom. The van der Waals surface area contributed by atoms with Gasteiger partial charge in [-0.2, -0.15) is 0 Å². The summed E-state index contributed by atoms with van der Waals surface area (Å²) in [6.07, 6.45) is 3.85. The average molecular weight is 298 g/mol. The number of hydrogen-bond acceptors (Lipinski definition) is 6. The minimum absolute atomic E-state index is 0.354. The topological polar surface area (TPSA) is 66.8 Å². The Morgan fingerprint density at radius 3 is 2.55 bits per heavy atom. The summed E-state index contributed by atoms with van der Waals surface area (Å²) in [5, 5.41) is 3.50. The second-order valence-corrected chi connectivity index (χ2v) is 5.92. The van der Waals surface area contributed by atoms with E-state index in [0.29, 0.717) is 6.04 Å². The van der Waals surface area contributed by atoms with Crippen molar-refractivity contribution >= 4 is 11.8 Å². The van der Waals surface area contributed by atoms with E-state index in [9.17, 15) is 0 Å². The molecule has 1 atom stereocenters. The Balaban J connectivity index is 1.71. The standard InChI is InChI=1S/C16H22N6/c1-11-8-15(18-10-17-11)21-14-5-4-6-22(9-14)16-19-12(2)7-13(3)20-16/h7-8,10,14H,4-6,9H2,1-3H3,(H,17,18,21). The van der Waals surface area contributed by atoms with Gasteiger partial charge in [-0.15, -0.1) is 0 Å². The number of aryl methyl sites for hydroxylation is 3. The minimum atomic E-state index is 0.354. The Labute approximate surface area is 131 Å². The first-order valence-corrected chi connectivity index (χ1v) is 7.72. The number of nitrogens with zero attached hydrogens (tertiary/aromatic N) is 5. The van der Waals surface area contributed by atoms with Crippen molar-refractivity contribution in [3.8, 4) is 0 Å². The van der Waals surface area contributed by atoms with Crippen molar-refractivity contribution in [1.29, 1.82) is 0 Å². The molecule has 2 aromatic heterocycles. The zero-order valence-electron chi connectivity index (χ0n) is 13.4. The quantitative estimate of drug-likeness (QED) is 0.937. The summed E-state index contributed by atoms with van der Waals surface area (Å²) in [5.74, 6) is 1.73. The number of nitrogens with one attached hydrogen (secondary N) is 1. The summed E-state index contributed by atoms with van der Waals surface area (Å²) in [6.45, 7) is 7.91. The third kappa shape index (κ3) is 3.50. The summed E-state index contributed by atoms with van der Waals surface area (Å²) in [5.41, 5.74) is 3.01. The summed E-state index contributed by atoms with van der Waals surface area (Å²) in [4.78, 5) is 19.8. The maximum absolute atomic E-state index is 4.57. The number of anilines is 2. The van der Waals surface area contributed by atoms with E-state index in [1.165, 1.54) is 0 Å². The first-order valence-electron chi connectivity index (χ1n) is 7.72. The lowest BCUT2D eigenvalue weighted by Crippen LogP contribution is -2.43. The summed E-state index contributed by atoms with van der Waals surface area (Å²) in [7, 11) is 0.